The van der Waals surface area contributed by atoms with Gasteiger partial charge in [-0.05, 0) is 12.2 Å². The Morgan fingerprint density at radius 2 is 2.36 bits per heavy atom. The van der Waals surface area contributed by atoms with Crippen molar-refractivity contribution in [3.8, 4) is 0 Å². The number of aromatic amines is 2. The molecule has 74 valence electrons. The molecular formula is C7H9N5OS. The summed E-state index contributed by atoms with van der Waals surface area (Å²) in [5.41, 5.74) is 0.701. The van der Waals surface area contributed by atoms with E-state index in [4.69, 9.17) is 12.2 Å². The molecule has 0 saturated heterocycles. The van der Waals surface area contributed by atoms with Crippen LogP contribution < -0.4 is 5.69 Å². The molecule has 0 fully saturated rings. The van der Waals surface area contributed by atoms with Gasteiger partial charge in [-0.1, -0.05) is 0 Å². The summed E-state index contributed by atoms with van der Waals surface area (Å²) in [6.07, 6.45) is 3.54. The minimum absolute atomic E-state index is 0.237. The van der Waals surface area contributed by atoms with Gasteiger partial charge in [0, 0.05) is 18.8 Å². The van der Waals surface area contributed by atoms with Gasteiger partial charge >= 0.3 is 5.69 Å². The fraction of sp³-hybridized carbons (Fsp3) is 0.286. The van der Waals surface area contributed by atoms with Crippen LogP contribution in [0.5, 0.6) is 0 Å². The number of hydrogen-bond donors (Lipinski definition) is 2. The maximum atomic E-state index is 11.2. The smallest absolute Gasteiger partial charge is 0.275 e. The Morgan fingerprint density at radius 1 is 1.57 bits per heavy atom. The topological polar surface area (TPSA) is 71.4 Å². The van der Waals surface area contributed by atoms with Gasteiger partial charge in [0.05, 0.1) is 12.7 Å². The Balaban J connectivity index is 2.36. The van der Waals surface area contributed by atoms with Gasteiger partial charge in [-0.15, -0.1) is 0 Å². The van der Waals surface area contributed by atoms with E-state index in [1.165, 1.54) is 4.57 Å². The SMILES string of the molecule is Cn1cc(Cn2c(=O)[nH][nH]c2=S)cn1. The predicted octanol–water partition coefficient (Wildman–Crippen LogP) is 0.0158. The molecule has 2 aromatic rings. The lowest BCUT2D eigenvalue weighted by molar-refractivity contribution is 0.744. The Morgan fingerprint density at radius 3 is 2.86 bits per heavy atom. The van der Waals surface area contributed by atoms with Crippen molar-refractivity contribution in [3.63, 3.8) is 0 Å². The summed E-state index contributed by atoms with van der Waals surface area (Å²) >= 11 is 4.93. The van der Waals surface area contributed by atoms with Gasteiger partial charge in [-0.25, -0.2) is 9.89 Å². The lowest BCUT2D eigenvalue weighted by Crippen LogP contribution is -2.17. The van der Waals surface area contributed by atoms with Crippen molar-refractivity contribution in [1.29, 1.82) is 0 Å². The standard InChI is InChI=1S/C7H9N5OS/c1-11-3-5(2-8-11)4-12-6(13)9-10-7(12)14/h2-3H,4H2,1H3,(H,9,13)(H,10,14). The first-order valence-electron chi connectivity index (χ1n) is 4.02. The second-order valence-corrected chi connectivity index (χ2v) is 3.36. The molecule has 0 radical (unpaired) electrons. The minimum Gasteiger partial charge on any atom is -0.275 e. The Bertz CT molecular complexity index is 517. The van der Waals surface area contributed by atoms with Crippen LogP contribution >= 0.6 is 12.2 Å². The first kappa shape index (κ1) is 8.95. The molecule has 0 aromatic carbocycles. The first-order chi connectivity index (χ1) is 6.66. The van der Waals surface area contributed by atoms with Crippen molar-refractivity contribution in [2.24, 2.45) is 7.05 Å². The van der Waals surface area contributed by atoms with E-state index in [0.717, 1.165) is 5.56 Å². The molecule has 6 nitrogen and oxygen atoms in total. The number of H-pyrrole nitrogens is 2. The van der Waals surface area contributed by atoms with Crippen LogP contribution in [0.4, 0.5) is 0 Å². The molecule has 2 aromatic heterocycles. The van der Waals surface area contributed by atoms with Gasteiger partial charge in [-0.3, -0.25) is 14.3 Å². The van der Waals surface area contributed by atoms with Crippen molar-refractivity contribution in [1.82, 2.24) is 24.5 Å². The summed E-state index contributed by atoms with van der Waals surface area (Å²) in [6, 6.07) is 0. The zero-order valence-electron chi connectivity index (χ0n) is 7.52. The molecule has 0 aliphatic rings. The first-order valence-corrected chi connectivity index (χ1v) is 4.42. The highest BCUT2D eigenvalue weighted by atomic mass is 32.1. The molecule has 0 unspecified atom stereocenters. The highest BCUT2D eigenvalue weighted by Gasteiger charge is 2.02. The van der Waals surface area contributed by atoms with Crippen molar-refractivity contribution in [2.75, 3.05) is 0 Å². The average Bonchev–Trinajstić information content (AvgIpc) is 2.67. The van der Waals surface area contributed by atoms with Gasteiger partial charge < -0.3 is 0 Å². The molecule has 2 N–H and O–H groups in total. The molecule has 0 aliphatic carbocycles. The Labute approximate surface area is 84.2 Å². The number of nitrogens with zero attached hydrogens (tertiary/aromatic N) is 3. The monoisotopic (exact) mass is 211 g/mol. The molecule has 2 heterocycles. The number of hydrogen-bond acceptors (Lipinski definition) is 3. The molecular weight excluding hydrogens is 202 g/mol. The molecule has 0 atom stereocenters. The van der Waals surface area contributed by atoms with Gasteiger partial charge in [0.2, 0.25) is 0 Å². The zero-order chi connectivity index (χ0) is 10.1. The van der Waals surface area contributed by atoms with Crippen molar-refractivity contribution in [3.05, 3.63) is 33.2 Å². The number of nitrogens with one attached hydrogen (secondary N) is 2. The fourth-order valence-corrected chi connectivity index (χ4v) is 1.41. The Kier molecular flexibility index (Phi) is 2.08. The van der Waals surface area contributed by atoms with Crippen molar-refractivity contribution >= 4 is 12.2 Å². The second kappa shape index (κ2) is 3.26. The molecule has 2 rings (SSSR count). The van der Waals surface area contributed by atoms with E-state index < -0.39 is 0 Å². The number of aryl methyl sites for hydroxylation is 1. The van der Waals surface area contributed by atoms with Crippen LogP contribution in [-0.2, 0) is 13.6 Å². The molecule has 14 heavy (non-hydrogen) atoms. The van der Waals surface area contributed by atoms with E-state index in [9.17, 15) is 4.79 Å². The normalized spacial score (nSPS) is 10.6. The maximum absolute atomic E-state index is 11.2. The van der Waals surface area contributed by atoms with E-state index in [0.29, 0.717) is 11.3 Å². The second-order valence-electron chi connectivity index (χ2n) is 2.97. The van der Waals surface area contributed by atoms with E-state index in [2.05, 4.69) is 15.3 Å². The summed E-state index contributed by atoms with van der Waals surface area (Å²) in [5.74, 6) is 0. The van der Waals surface area contributed by atoms with Gasteiger partial charge in [0.25, 0.3) is 0 Å². The Hall–Kier alpha value is -1.63. The van der Waals surface area contributed by atoms with Crippen LogP contribution in [0.15, 0.2) is 17.2 Å². The van der Waals surface area contributed by atoms with Crippen LogP contribution in [-0.4, -0.2) is 24.5 Å². The average molecular weight is 211 g/mol. The van der Waals surface area contributed by atoms with E-state index in [1.807, 2.05) is 13.2 Å². The molecule has 0 aliphatic heterocycles. The summed E-state index contributed by atoms with van der Waals surface area (Å²) in [5, 5.41) is 9.00. The van der Waals surface area contributed by atoms with Gasteiger partial charge in [0.15, 0.2) is 4.77 Å². The maximum Gasteiger partial charge on any atom is 0.342 e. The summed E-state index contributed by atoms with van der Waals surface area (Å²) in [6.45, 7) is 0.436. The minimum atomic E-state index is -0.237. The fourth-order valence-electron chi connectivity index (χ4n) is 1.21. The summed E-state index contributed by atoms with van der Waals surface area (Å²) in [7, 11) is 1.82. The zero-order valence-corrected chi connectivity index (χ0v) is 8.34. The lowest BCUT2D eigenvalue weighted by atomic mass is 10.4. The largest absolute Gasteiger partial charge is 0.342 e. The van der Waals surface area contributed by atoms with E-state index in [1.54, 1.807) is 10.9 Å². The van der Waals surface area contributed by atoms with Gasteiger partial charge in [-0.2, -0.15) is 5.10 Å². The highest BCUT2D eigenvalue weighted by Crippen LogP contribution is 1.98. The van der Waals surface area contributed by atoms with Gasteiger partial charge in [0.1, 0.15) is 0 Å². The van der Waals surface area contributed by atoms with E-state index in [-0.39, 0.29) is 5.69 Å². The molecule has 0 spiro atoms. The van der Waals surface area contributed by atoms with Crippen molar-refractivity contribution < 1.29 is 0 Å². The summed E-state index contributed by atoms with van der Waals surface area (Å²) in [4.78, 5) is 11.2. The van der Waals surface area contributed by atoms with Crippen LogP contribution in [0, 0.1) is 4.77 Å². The summed E-state index contributed by atoms with van der Waals surface area (Å²) < 4.78 is 3.51. The quantitative estimate of drug-likeness (QED) is 0.688. The third-order valence-electron chi connectivity index (χ3n) is 1.87. The molecule has 0 bridgehead atoms. The van der Waals surface area contributed by atoms with Crippen LogP contribution in [0.1, 0.15) is 5.56 Å². The van der Waals surface area contributed by atoms with Crippen LogP contribution in [0.2, 0.25) is 0 Å². The van der Waals surface area contributed by atoms with E-state index >= 15 is 0 Å². The highest BCUT2D eigenvalue weighted by molar-refractivity contribution is 7.71. The number of rotatable bonds is 2. The van der Waals surface area contributed by atoms with Crippen LogP contribution in [0.25, 0.3) is 0 Å². The molecule has 7 heteroatoms. The molecule has 0 amide bonds. The number of aromatic nitrogens is 5. The third kappa shape index (κ3) is 1.53. The molecule has 0 saturated carbocycles. The third-order valence-corrected chi connectivity index (χ3v) is 2.19. The van der Waals surface area contributed by atoms with Crippen LogP contribution in [0.3, 0.4) is 0 Å². The predicted molar refractivity (Wildman–Crippen MR) is 52.5 cm³/mol. The van der Waals surface area contributed by atoms with Crippen molar-refractivity contribution in [2.45, 2.75) is 6.54 Å². The lowest BCUT2D eigenvalue weighted by Gasteiger charge is -1.94.